The van der Waals surface area contributed by atoms with Crippen molar-refractivity contribution in [3.05, 3.63) is 12.4 Å². The Labute approximate surface area is 115 Å². The smallest absolute Gasteiger partial charge is 0.131 e. The van der Waals surface area contributed by atoms with Gasteiger partial charge in [-0.2, -0.15) is 0 Å². The van der Waals surface area contributed by atoms with Crippen LogP contribution in [0.5, 0.6) is 0 Å². The molecule has 0 unspecified atom stereocenters. The minimum Gasteiger partial charge on any atom is -0.370 e. The minimum atomic E-state index is 0.874. The summed E-state index contributed by atoms with van der Waals surface area (Å²) in [5, 5.41) is 9.90. The molecule has 0 atom stereocenters. The van der Waals surface area contributed by atoms with E-state index in [1.165, 1.54) is 0 Å². The summed E-state index contributed by atoms with van der Waals surface area (Å²) in [5.74, 6) is 1.77. The van der Waals surface area contributed by atoms with Gasteiger partial charge in [0.25, 0.3) is 0 Å². The molecule has 1 aliphatic heterocycles. The molecular weight excluding hydrogens is 240 g/mol. The van der Waals surface area contributed by atoms with Crippen LogP contribution in [0.4, 0.5) is 11.6 Å². The first kappa shape index (κ1) is 14.0. The second-order valence-electron chi connectivity index (χ2n) is 4.69. The molecule has 1 aromatic rings. The van der Waals surface area contributed by atoms with Crippen LogP contribution in [0.3, 0.4) is 0 Å². The van der Waals surface area contributed by atoms with Gasteiger partial charge in [0.2, 0.25) is 0 Å². The molecule has 1 aliphatic rings. The first-order chi connectivity index (χ1) is 9.38. The lowest BCUT2D eigenvalue weighted by molar-refractivity contribution is 0.240. The van der Waals surface area contributed by atoms with Gasteiger partial charge in [-0.15, -0.1) is 0 Å². The molecule has 19 heavy (non-hydrogen) atoms. The van der Waals surface area contributed by atoms with E-state index in [1.807, 2.05) is 6.07 Å². The van der Waals surface area contributed by atoms with E-state index in [9.17, 15) is 0 Å². The van der Waals surface area contributed by atoms with Gasteiger partial charge in [0.1, 0.15) is 18.0 Å². The van der Waals surface area contributed by atoms with Crippen LogP contribution in [0.2, 0.25) is 0 Å². The molecule has 0 spiro atoms. The zero-order valence-corrected chi connectivity index (χ0v) is 11.7. The number of nitrogens with zero attached hydrogens (tertiary/aromatic N) is 3. The van der Waals surface area contributed by atoms with Gasteiger partial charge in [-0.05, 0) is 19.9 Å². The highest BCUT2D eigenvalue weighted by atomic mass is 15.2. The van der Waals surface area contributed by atoms with Crippen LogP contribution >= 0.6 is 0 Å². The Morgan fingerprint density at radius 3 is 2.68 bits per heavy atom. The predicted molar refractivity (Wildman–Crippen MR) is 78.6 cm³/mol. The van der Waals surface area contributed by atoms with Crippen LogP contribution in [0, 0.1) is 0 Å². The second-order valence-corrected chi connectivity index (χ2v) is 4.69. The first-order valence-electron chi connectivity index (χ1n) is 7.11. The molecule has 6 nitrogen and oxygen atoms in total. The molecule has 2 heterocycles. The summed E-state index contributed by atoms with van der Waals surface area (Å²) in [5.41, 5.74) is 0. The number of piperazine rings is 1. The lowest BCUT2D eigenvalue weighted by Crippen LogP contribution is -2.44. The van der Waals surface area contributed by atoms with Gasteiger partial charge < -0.3 is 20.9 Å². The number of hydrogen-bond donors (Lipinski definition) is 3. The molecule has 3 N–H and O–H groups in total. The lowest BCUT2D eigenvalue weighted by Gasteiger charge is -2.27. The summed E-state index contributed by atoms with van der Waals surface area (Å²) < 4.78 is 0. The summed E-state index contributed by atoms with van der Waals surface area (Å²) in [7, 11) is 0. The summed E-state index contributed by atoms with van der Waals surface area (Å²) in [6, 6.07) is 1.95. The summed E-state index contributed by atoms with van der Waals surface area (Å²) >= 11 is 0. The third-order valence-electron chi connectivity index (χ3n) is 3.19. The first-order valence-corrected chi connectivity index (χ1v) is 7.11. The number of aromatic nitrogens is 2. The van der Waals surface area contributed by atoms with Gasteiger partial charge in [0.05, 0.1) is 0 Å². The number of nitrogens with one attached hydrogen (secondary N) is 3. The number of hydrogen-bond acceptors (Lipinski definition) is 6. The minimum absolute atomic E-state index is 0.874. The Hall–Kier alpha value is -1.40. The van der Waals surface area contributed by atoms with Gasteiger partial charge in [-0.3, -0.25) is 0 Å². The molecule has 6 heteroatoms. The van der Waals surface area contributed by atoms with Crippen LogP contribution in [0.15, 0.2) is 12.4 Å². The predicted octanol–water partition coefficient (Wildman–Crippen LogP) is 0.616. The Kier molecular flexibility index (Phi) is 5.84. The Morgan fingerprint density at radius 1 is 1.21 bits per heavy atom. The fraction of sp³-hybridized carbons (Fsp3) is 0.692. The van der Waals surface area contributed by atoms with E-state index in [0.29, 0.717) is 0 Å². The number of anilines is 2. The van der Waals surface area contributed by atoms with Crippen LogP contribution < -0.4 is 16.0 Å². The highest BCUT2D eigenvalue weighted by molar-refractivity contribution is 5.46. The van der Waals surface area contributed by atoms with Gasteiger partial charge in [-0.25, -0.2) is 9.97 Å². The monoisotopic (exact) mass is 264 g/mol. The molecule has 2 rings (SSSR count). The SMILES string of the molecule is CCNc1cc(NCCCN2CCNCC2)ncn1. The highest BCUT2D eigenvalue weighted by Crippen LogP contribution is 2.08. The zero-order valence-electron chi connectivity index (χ0n) is 11.7. The molecule has 106 valence electrons. The largest absolute Gasteiger partial charge is 0.370 e. The van der Waals surface area contributed by atoms with E-state index in [4.69, 9.17) is 0 Å². The molecule has 0 radical (unpaired) electrons. The maximum atomic E-state index is 4.22. The van der Waals surface area contributed by atoms with Crippen molar-refractivity contribution in [3.63, 3.8) is 0 Å². The Morgan fingerprint density at radius 2 is 1.95 bits per heavy atom. The van der Waals surface area contributed by atoms with Crippen LogP contribution in [-0.4, -0.2) is 60.7 Å². The standard InChI is InChI=1S/C13H24N6/c1-2-15-12-10-13(18-11-17-12)16-4-3-7-19-8-5-14-6-9-19/h10-11,14H,2-9H2,1H3,(H2,15,16,17,18). The zero-order chi connectivity index (χ0) is 13.3. The molecule has 1 fully saturated rings. The average molecular weight is 264 g/mol. The van der Waals surface area contributed by atoms with Gasteiger partial charge in [-0.1, -0.05) is 0 Å². The molecule has 0 saturated carbocycles. The maximum Gasteiger partial charge on any atom is 0.131 e. The van der Waals surface area contributed by atoms with Crippen molar-refractivity contribution in [2.75, 3.05) is 56.4 Å². The maximum absolute atomic E-state index is 4.22. The Balaban J connectivity index is 1.65. The van der Waals surface area contributed by atoms with E-state index in [0.717, 1.165) is 63.9 Å². The van der Waals surface area contributed by atoms with E-state index >= 15 is 0 Å². The van der Waals surface area contributed by atoms with Crippen LogP contribution in [0.1, 0.15) is 13.3 Å². The third kappa shape index (κ3) is 5.00. The second kappa shape index (κ2) is 7.91. The van der Waals surface area contributed by atoms with E-state index in [1.54, 1.807) is 6.33 Å². The Bertz CT molecular complexity index is 364. The van der Waals surface area contributed by atoms with E-state index in [-0.39, 0.29) is 0 Å². The topological polar surface area (TPSA) is 65.1 Å². The van der Waals surface area contributed by atoms with Crippen molar-refractivity contribution >= 4 is 11.6 Å². The molecule has 0 aromatic carbocycles. The summed E-state index contributed by atoms with van der Waals surface area (Å²) in [6.07, 6.45) is 2.73. The number of rotatable bonds is 7. The molecule has 0 bridgehead atoms. The van der Waals surface area contributed by atoms with Crippen molar-refractivity contribution in [2.45, 2.75) is 13.3 Å². The van der Waals surface area contributed by atoms with E-state index < -0.39 is 0 Å². The highest BCUT2D eigenvalue weighted by Gasteiger charge is 2.08. The summed E-state index contributed by atoms with van der Waals surface area (Å²) in [6.45, 7) is 9.60. The fourth-order valence-electron chi connectivity index (χ4n) is 2.19. The normalized spacial score (nSPS) is 16.3. The molecule has 1 aromatic heterocycles. The molecule has 0 aliphatic carbocycles. The van der Waals surface area contributed by atoms with Crippen molar-refractivity contribution in [3.8, 4) is 0 Å². The van der Waals surface area contributed by atoms with Crippen molar-refractivity contribution in [2.24, 2.45) is 0 Å². The lowest BCUT2D eigenvalue weighted by atomic mass is 10.3. The summed E-state index contributed by atoms with van der Waals surface area (Å²) in [4.78, 5) is 10.9. The molecular formula is C13H24N6. The quantitative estimate of drug-likeness (QED) is 0.627. The van der Waals surface area contributed by atoms with Gasteiger partial charge >= 0.3 is 0 Å². The van der Waals surface area contributed by atoms with Gasteiger partial charge in [0, 0.05) is 45.3 Å². The fourth-order valence-corrected chi connectivity index (χ4v) is 2.19. The third-order valence-corrected chi connectivity index (χ3v) is 3.19. The van der Waals surface area contributed by atoms with Crippen molar-refractivity contribution in [1.82, 2.24) is 20.2 Å². The van der Waals surface area contributed by atoms with Crippen molar-refractivity contribution in [1.29, 1.82) is 0 Å². The van der Waals surface area contributed by atoms with Crippen molar-refractivity contribution < 1.29 is 0 Å². The molecule has 0 amide bonds. The van der Waals surface area contributed by atoms with E-state index in [2.05, 4.69) is 37.7 Å². The molecule has 1 saturated heterocycles. The van der Waals surface area contributed by atoms with Gasteiger partial charge in [0.15, 0.2) is 0 Å². The van der Waals surface area contributed by atoms with Crippen LogP contribution in [-0.2, 0) is 0 Å². The average Bonchev–Trinajstić information content (AvgIpc) is 2.46. The van der Waals surface area contributed by atoms with Crippen LogP contribution in [0.25, 0.3) is 0 Å².